The van der Waals surface area contributed by atoms with Crippen LogP contribution in [0.3, 0.4) is 0 Å². The predicted molar refractivity (Wildman–Crippen MR) is 251 cm³/mol. The SMILES string of the molecule is CCCCCCCOc1ccc(S(=O)(=O)c2ccc(OCCCCCCOC(=O)c3cc(OCCCCCCOc4ccc(-c5ccc(C#N)cc5)cc4)cc(C(=O)OC)c3)cc2)cc1. The van der Waals surface area contributed by atoms with Gasteiger partial charge in [0.15, 0.2) is 0 Å². The number of benzene rings is 5. The first-order valence-corrected chi connectivity index (χ1v) is 24.2. The van der Waals surface area contributed by atoms with Crippen LogP contribution in [0.15, 0.2) is 125 Å². The maximum absolute atomic E-state index is 13.2. The zero-order valence-corrected chi connectivity index (χ0v) is 38.5. The number of unbranched alkanes of at least 4 members (excludes halogenated alkanes) is 10. The molecule has 5 aromatic carbocycles. The Balaban J connectivity index is 0.935. The van der Waals surface area contributed by atoms with Gasteiger partial charge in [-0.25, -0.2) is 18.0 Å². The summed E-state index contributed by atoms with van der Waals surface area (Å²) in [4.78, 5) is 25.7. The topological polar surface area (TPSA) is 147 Å². The molecule has 0 radical (unpaired) electrons. The maximum Gasteiger partial charge on any atom is 0.338 e. The van der Waals surface area contributed by atoms with Gasteiger partial charge in [0.2, 0.25) is 9.84 Å². The largest absolute Gasteiger partial charge is 0.494 e. The van der Waals surface area contributed by atoms with Crippen molar-refractivity contribution in [2.24, 2.45) is 0 Å². The van der Waals surface area contributed by atoms with Gasteiger partial charge in [0.05, 0.1) is 72.7 Å². The van der Waals surface area contributed by atoms with Crippen LogP contribution in [0, 0.1) is 11.3 Å². The molecule has 5 rings (SSSR count). The second kappa shape index (κ2) is 27.1. The Hall–Kier alpha value is -6.32. The quantitative estimate of drug-likeness (QED) is 0.0333. The molecule has 0 spiro atoms. The van der Waals surface area contributed by atoms with Crippen LogP contribution in [-0.4, -0.2) is 60.5 Å². The minimum absolute atomic E-state index is 0.191. The fraction of sp³-hybridized carbons (Fsp3) is 0.377. The Kier molecular flexibility index (Phi) is 20.7. The maximum atomic E-state index is 13.2. The van der Waals surface area contributed by atoms with Crippen molar-refractivity contribution < 1.29 is 46.4 Å². The number of nitrogens with zero attached hydrogens (tertiary/aromatic N) is 1. The lowest BCUT2D eigenvalue weighted by atomic mass is 10.0. The number of nitriles is 1. The first-order valence-electron chi connectivity index (χ1n) is 22.7. The van der Waals surface area contributed by atoms with E-state index in [1.807, 2.05) is 36.4 Å². The average molecular weight is 904 g/mol. The highest BCUT2D eigenvalue weighted by Gasteiger charge is 2.18. The molecule has 0 atom stereocenters. The molecule has 0 aliphatic rings. The minimum atomic E-state index is -3.68. The molecule has 0 aromatic heterocycles. The van der Waals surface area contributed by atoms with Gasteiger partial charge in [-0.15, -0.1) is 0 Å². The van der Waals surface area contributed by atoms with Crippen LogP contribution in [-0.2, 0) is 19.3 Å². The second-order valence-electron chi connectivity index (χ2n) is 15.7. The normalized spacial score (nSPS) is 11.0. The highest BCUT2D eigenvalue weighted by molar-refractivity contribution is 7.91. The Morgan fingerprint density at radius 1 is 0.477 bits per heavy atom. The van der Waals surface area contributed by atoms with Crippen molar-refractivity contribution in [1.29, 1.82) is 5.26 Å². The predicted octanol–water partition coefficient (Wildman–Crippen LogP) is 12.0. The number of hydrogen-bond donors (Lipinski definition) is 0. The van der Waals surface area contributed by atoms with Crippen molar-refractivity contribution >= 4 is 21.8 Å². The van der Waals surface area contributed by atoms with E-state index in [0.717, 1.165) is 74.7 Å². The van der Waals surface area contributed by atoms with Crippen LogP contribution in [0.25, 0.3) is 11.1 Å². The zero-order valence-electron chi connectivity index (χ0n) is 37.6. The van der Waals surface area contributed by atoms with Crippen LogP contribution in [0.2, 0.25) is 0 Å². The van der Waals surface area contributed by atoms with E-state index >= 15 is 0 Å². The Morgan fingerprint density at radius 2 is 0.862 bits per heavy atom. The number of sulfone groups is 1. The standard InChI is InChI=1S/C53H61NO10S/c1-3-4-5-6-11-32-61-47-24-28-50(29-25-47)65(57,58)51-30-26-48(27-31-51)62-34-13-9-10-15-36-64-53(56)45-37-44(52(55)59-2)38-49(39-45)63-35-14-8-7-12-33-60-46-22-20-43(21-23-46)42-18-16-41(40-54)17-19-42/h16-31,37-39H,3-15,32-36H2,1-2H3. The van der Waals surface area contributed by atoms with Crippen molar-refractivity contribution in [2.45, 2.75) is 100 Å². The number of esters is 2. The summed E-state index contributed by atoms with van der Waals surface area (Å²) >= 11 is 0. The smallest absolute Gasteiger partial charge is 0.338 e. The molecule has 0 aliphatic heterocycles. The summed E-state index contributed by atoms with van der Waals surface area (Å²) in [5, 5.41) is 9.01. The van der Waals surface area contributed by atoms with Gasteiger partial charge in [-0.2, -0.15) is 5.26 Å². The fourth-order valence-electron chi connectivity index (χ4n) is 6.91. The van der Waals surface area contributed by atoms with Crippen LogP contribution in [0.4, 0.5) is 0 Å². The molecule has 0 saturated heterocycles. The molecule has 0 bridgehead atoms. The van der Waals surface area contributed by atoms with Crippen LogP contribution in [0.5, 0.6) is 23.0 Å². The molecule has 0 heterocycles. The van der Waals surface area contributed by atoms with Gasteiger partial charge in [0.1, 0.15) is 23.0 Å². The van der Waals surface area contributed by atoms with Crippen molar-refractivity contribution in [3.63, 3.8) is 0 Å². The molecule has 0 N–H and O–H groups in total. The Labute approximate surface area is 384 Å². The van der Waals surface area contributed by atoms with Gasteiger partial charge in [-0.05, 0) is 160 Å². The molecule has 0 aliphatic carbocycles. The monoisotopic (exact) mass is 903 g/mol. The molecule has 0 unspecified atom stereocenters. The number of methoxy groups -OCH3 is 1. The molecular formula is C53H61NO10S. The summed E-state index contributed by atoms with van der Waals surface area (Å²) in [6, 6.07) is 35.1. The first kappa shape index (κ1) is 49.7. The molecule has 12 heteroatoms. The van der Waals surface area contributed by atoms with E-state index < -0.39 is 21.8 Å². The van der Waals surface area contributed by atoms with Crippen molar-refractivity contribution in [3.05, 3.63) is 132 Å². The average Bonchev–Trinajstić information content (AvgIpc) is 3.34. The second-order valence-corrected chi connectivity index (χ2v) is 17.6. The first-order chi connectivity index (χ1) is 31.7. The van der Waals surface area contributed by atoms with E-state index in [2.05, 4.69) is 13.0 Å². The number of carbonyl (C=O) groups excluding carboxylic acids is 2. The van der Waals surface area contributed by atoms with Gasteiger partial charge in [-0.3, -0.25) is 0 Å². The van der Waals surface area contributed by atoms with Gasteiger partial charge >= 0.3 is 11.9 Å². The molecule has 65 heavy (non-hydrogen) atoms. The lowest BCUT2D eigenvalue weighted by molar-refractivity contribution is 0.0496. The number of carbonyl (C=O) groups is 2. The number of hydrogen-bond acceptors (Lipinski definition) is 11. The van der Waals surface area contributed by atoms with Crippen molar-refractivity contribution in [1.82, 2.24) is 0 Å². The van der Waals surface area contributed by atoms with E-state index in [9.17, 15) is 18.0 Å². The lowest BCUT2D eigenvalue weighted by Crippen LogP contribution is -2.10. The zero-order chi connectivity index (χ0) is 46.1. The summed E-state index contributed by atoms with van der Waals surface area (Å²) in [5.41, 5.74) is 3.15. The van der Waals surface area contributed by atoms with Crippen molar-refractivity contribution in [3.8, 4) is 40.2 Å². The molecule has 0 amide bonds. The minimum Gasteiger partial charge on any atom is -0.494 e. The molecule has 0 saturated carbocycles. The lowest BCUT2D eigenvalue weighted by Gasteiger charge is -2.11. The Bertz CT molecular complexity index is 2360. The molecule has 11 nitrogen and oxygen atoms in total. The Morgan fingerprint density at radius 3 is 1.29 bits per heavy atom. The third-order valence-corrected chi connectivity index (χ3v) is 12.5. The van der Waals surface area contributed by atoms with E-state index in [4.69, 9.17) is 33.7 Å². The fourth-order valence-corrected chi connectivity index (χ4v) is 8.17. The number of ether oxygens (including phenoxy) is 6. The summed E-state index contributed by atoms with van der Waals surface area (Å²) in [6.07, 6.45) is 12.4. The molecule has 344 valence electrons. The third-order valence-electron chi connectivity index (χ3n) is 10.7. The van der Waals surface area contributed by atoms with Crippen molar-refractivity contribution in [2.75, 3.05) is 40.1 Å². The summed E-state index contributed by atoms with van der Waals surface area (Å²) in [7, 11) is -2.40. The van der Waals surface area contributed by atoms with Gasteiger partial charge in [-0.1, -0.05) is 56.9 Å². The van der Waals surface area contributed by atoms with E-state index in [1.54, 1.807) is 72.8 Å². The van der Waals surface area contributed by atoms with Gasteiger partial charge in [0.25, 0.3) is 0 Å². The third kappa shape index (κ3) is 16.6. The van der Waals surface area contributed by atoms with E-state index in [1.165, 1.54) is 32.4 Å². The summed E-state index contributed by atoms with van der Waals surface area (Å²) in [6.45, 7) is 4.49. The highest BCUT2D eigenvalue weighted by Crippen LogP contribution is 2.27. The highest BCUT2D eigenvalue weighted by atomic mass is 32.2. The van der Waals surface area contributed by atoms with Gasteiger partial charge in [0, 0.05) is 0 Å². The van der Waals surface area contributed by atoms with Crippen LogP contribution >= 0.6 is 0 Å². The molecular weight excluding hydrogens is 843 g/mol. The van der Waals surface area contributed by atoms with Gasteiger partial charge < -0.3 is 28.4 Å². The summed E-state index contributed by atoms with van der Waals surface area (Å²) in [5.74, 6) is 1.31. The van der Waals surface area contributed by atoms with E-state index in [-0.39, 0.29) is 27.5 Å². The molecule has 5 aromatic rings. The molecule has 0 fully saturated rings. The van der Waals surface area contributed by atoms with E-state index in [0.29, 0.717) is 55.7 Å². The number of rotatable bonds is 29. The van der Waals surface area contributed by atoms with Crippen LogP contribution < -0.4 is 18.9 Å². The summed E-state index contributed by atoms with van der Waals surface area (Å²) < 4.78 is 60.3. The van der Waals surface area contributed by atoms with Crippen LogP contribution in [0.1, 0.15) is 117 Å².